The Morgan fingerprint density at radius 3 is 1.57 bits per heavy atom. The Kier molecular flexibility index (Phi) is 2.60. The summed E-state index contributed by atoms with van der Waals surface area (Å²) < 4.78 is 5.78. The predicted molar refractivity (Wildman–Crippen MR) is 74.7 cm³/mol. The zero-order chi connectivity index (χ0) is 14.1. The summed E-state index contributed by atoms with van der Waals surface area (Å²) in [6.45, 7) is 0. The van der Waals surface area contributed by atoms with Crippen LogP contribution in [0.1, 0.15) is 0 Å². The Balaban J connectivity index is 1.87. The van der Waals surface area contributed by atoms with Crippen molar-refractivity contribution in [2.45, 2.75) is 0 Å². The van der Waals surface area contributed by atoms with Crippen molar-refractivity contribution in [2.24, 2.45) is 0 Å². The molecule has 2 heterocycles. The van der Waals surface area contributed by atoms with Gasteiger partial charge in [0, 0.05) is 0 Å². The molecule has 4 aromatic rings. The number of fused-ring (bicyclic) bond motifs is 2. The average Bonchev–Trinajstić information content (AvgIpc) is 2.56. The zero-order valence-electron chi connectivity index (χ0n) is 10.7. The second kappa shape index (κ2) is 4.71. The quantitative estimate of drug-likeness (QED) is 0.554. The van der Waals surface area contributed by atoms with Crippen LogP contribution in [0.4, 0.5) is 0 Å². The van der Waals surface area contributed by atoms with Gasteiger partial charge >= 0.3 is 0 Å². The number of aromatic nitrogens is 6. The Hall–Kier alpha value is -3.22. The number of rotatable bonds is 2. The normalized spacial score (nSPS) is 10.9. The standard InChI is InChI=1S/C14H8N6O/c1-3-7-11-9(5-1)13(17-19-15-11)21-14-10-6-2-4-8-12(10)16-20-18-14/h1-8H. The summed E-state index contributed by atoms with van der Waals surface area (Å²) in [6.07, 6.45) is 0. The van der Waals surface area contributed by atoms with Crippen LogP contribution in [0.2, 0.25) is 0 Å². The van der Waals surface area contributed by atoms with Gasteiger partial charge in [-0.2, -0.15) is 0 Å². The van der Waals surface area contributed by atoms with Crippen LogP contribution in [-0.4, -0.2) is 30.8 Å². The lowest BCUT2D eigenvalue weighted by Crippen LogP contribution is -1.99. The topological polar surface area (TPSA) is 86.6 Å². The summed E-state index contributed by atoms with van der Waals surface area (Å²) >= 11 is 0. The first-order chi connectivity index (χ1) is 10.4. The van der Waals surface area contributed by atoms with Gasteiger partial charge in [-0.25, -0.2) is 0 Å². The number of benzene rings is 2. The fraction of sp³-hybridized carbons (Fsp3) is 0. The van der Waals surface area contributed by atoms with Crippen LogP contribution < -0.4 is 4.74 Å². The van der Waals surface area contributed by atoms with Gasteiger partial charge in [-0.3, -0.25) is 0 Å². The average molecular weight is 276 g/mol. The lowest BCUT2D eigenvalue weighted by atomic mass is 10.2. The van der Waals surface area contributed by atoms with Gasteiger partial charge in [0.2, 0.25) is 0 Å². The van der Waals surface area contributed by atoms with E-state index in [9.17, 15) is 0 Å². The lowest BCUT2D eigenvalue weighted by molar-refractivity contribution is 0.437. The number of ether oxygens (including phenoxy) is 1. The minimum Gasteiger partial charge on any atom is -0.416 e. The van der Waals surface area contributed by atoms with E-state index in [4.69, 9.17) is 4.74 Å². The molecule has 0 aliphatic heterocycles. The van der Waals surface area contributed by atoms with Gasteiger partial charge in [0.05, 0.1) is 10.8 Å². The highest BCUT2D eigenvalue weighted by Gasteiger charge is 2.11. The highest BCUT2D eigenvalue weighted by Crippen LogP contribution is 2.28. The molecule has 0 saturated carbocycles. The maximum absolute atomic E-state index is 5.78. The molecule has 0 amide bonds. The zero-order valence-corrected chi connectivity index (χ0v) is 10.7. The van der Waals surface area contributed by atoms with E-state index >= 15 is 0 Å². The predicted octanol–water partition coefficient (Wildman–Crippen LogP) is 2.16. The van der Waals surface area contributed by atoms with Crippen LogP contribution in [0.25, 0.3) is 21.8 Å². The number of hydrogen-bond donors (Lipinski definition) is 0. The molecule has 7 heteroatoms. The van der Waals surface area contributed by atoms with Crippen molar-refractivity contribution in [1.82, 2.24) is 30.8 Å². The van der Waals surface area contributed by atoms with Gasteiger partial charge in [0.25, 0.3) is 11.8 Å². The number of hydrogen-bond acceptors (Lipinski definition) is 7. The van der Waals surface area contributed by atoms with E-state index in [1.54, 1.807) is 0 Å². The van der Waals surface area contributed by atoms with Crippen molar-refractivity contribution in [3.05, 3.63) is 48.5 Å². The van der Waals surface area contributed by atoms with E-state index in [1.807, 2.05) is 48.5 Å². The van der Waals surface area contributed by atoms with Crippen molar-refractivity contribution in [3.63, 3.8) is 0 Å². The number of nitrogens with zero attached hydrogens (tertiary/aromatic N) is 6. The molecule has 2 aromatic heterocycles. The van der Waals surface area contributed by atoms with E-state index in [0.29, 0.717) is 22.8 Å². The van der Waals surface area contributed by atoms with E-state index in [-0.39, 0.29) is 0 Å². The maximum atomic E-state index is 5.78. The molecule has 0 N–H and O–H groups in total. The lowest BCUT2D eigenvalue weighted by Gasteiger charge is -2.06. The van der Waals surface area contributed by atoms with Gasteiger partial charge < -0.3 is 4.74 Å². The van der Waals surface area contributed by atoms with Gasteiger partial charge in [0.1, 0.15) is 11.0 Å². The SMILES string of the molecule is c1ccc2c(Oc3nnnc4ccccc34)nnnc2c1. The molecule has 0 fully saturated rings. The van der Waals surface area contributed by atoms with Crippen LogP contribution in [-0.2, 0) is 0 Å². The fourth-order valence-corrected chi connectivity index (χ4v) is 2.06. The summed E-state index contributed by atoms with van der Waals surface area (Å²) in [4.78, 5) is 0. The first-order valence-electron chi connectivity index (χ1n) is 6.26. The van der Waals surface area contributed by atoms with Crippen LogP contribution >= 0.6 is 0 Å². The summed E-state index contributed by atoms with van der Waals surface area (Å²) in [5.41, 5.74) is 1.41. The van der Waals surface area contributed by atoms with Crippen molar-refractivity contribution < 1.29 is 4.74 Å². The smallest absolute Gasteiger partial charge is 0.252 e. The minimum atomic E-state index is 0.339. The highest BCUT2D eigenvalue weighted by molar-refractivity contribution is 5.85. The molecular weight excluding hydrogens is 268 g/mol. The van der Waals surface area contributed by atoms with Crippen molar-refractivity contribution in [2.75, 3.05) is 0 Å². The van der Waals surface area contributed by atoms with Crippen molar-refractivity contribution >= 4 is 21.8 Å². The second-order valence-corrected chi connectivity index (χ2v) is 4.33. The third kappa shape index (κ3) is 2.00. The summed E-state index contributed by atoms with van der Waals surface area (Å²) in [5.74, 6) is 0.678. The molecule has 0 unspecified atom stereocenters. The van der Waals surface area contributed by atoms with Gasteiger partial charge in [0.15, 0.2) is 0 Å². The Bertz CT molecular complexity index is 855. The van der Waals surface area contributed by atoms with Gasteiger partial charge in [-0.15, -0.1) is 10.2 Å². The Morgan fingerprint density at radius 2 is 1.05 bits per heavy atom. The summed E-state index contributed by atoms with van der Waals surface area (Å²) in [5, 5.41) is 24.7. The second-order valence-electron chi connectivity index (χ2n) is 4.33. The first-order valence-corrected chi connectivity index (χ1v) is 6.26. The molecule has 0 aliphatic rings. The molecule has 0 spiro atoms. The maximum Gasteiger partial charge on any atom is 0.252 e. The molecule has 4 rings (SSSR count). The van der Waals surface area contributed by atoms with Crippen LogP contribution in [0.5, 0.6) is 11.8 Å². The monoisotopic (exact) mass is 276 g/mol. The fourth-order valence-electron chi connectivity index (χ4n) is 2.06. The van der Waals surface area contributed by atoms with Crippen LogP contribution in [0, 0.1) is 0 Å². The molecule has 7 nitrogen and oxygen atoms in total. The Labute approximate surface area is 118 Å². The third-order valence-electron chi connectivity index (χ3n) is 3.04. The molecule has 0 bridgehead atoms. The van der Waals surface area contributed by atoms with Gasteiger partial charge in [-0.1, -0.05) is 34.5 Å². The first kappa shape index (κ1) is 11.6. The van der Waals surface area contributed by atoms with Gasteiger partial charge in [-0.05, 0) is 34.7 Å². The molecule has 0 atom stereocenters. The van der Waals surface area contributed by atoms with Crippen molar-refractivity contribution in [3.8, 4) is 11.8 Å². The highest BCUT2D eigenvalue weighted by atomic mass is 16.5. The van der Waals surface area contributed by atoms with E-state index in [2.05, 4.69) is 30.8 Å². The molecule has 21 heavy (non-hydrogen) atoms. The molecule has 0 saturated heterocycles. The molecular formula is C14H8N6O. The molecule has 2 aromatic carbocycles. The molecule has 100 valence electrons. The summed E-state index contributed by atoms with van der Waals surface area (Å²) in [7, 11) is 0. The largest absolute Gasteiger partial charge is 0.416 e. The molecule has 0 aliphatic carbocycles. The molecule has 0 radical (unpaired) electrons. The third-order valence-corrected chi connectivity index (χ3v) is 3.04. The minimum absolute atomic E-state index is 0.339. The Morgan fingerprint density at radius 1 is 0.571 bits per heavy atom. The van der Waals surface area contributed by atoms with Crippen molar-refractivity contribution in [1.29, 1.82) is 0 Å². The van der Waals surface area contributed by atoms with E-state index < -0.39 is 0 Å². The van der Waals surface area contributed by atoms with E-state index in [0.717, 1.165) is 10.8 Å². The van der Waals surface area contributed by atoms with E-state index in [1.165, 1.54) is 0 Å². The summed E-state index contributed by atoms with van der Waals surface area (Å²) in [6, 6.07) is 14.9. The van der Waals surface area contributed by atoms with Crippen LogP contribution in [0.15, 0.2) is 48.5 Å². The van der Waals surface area contributed by atoms with Crippen LogP contribution in [0.3, 0.4) is 0 Å².